The maximum absolute atomic E-state index is 8.94. The maximum Gasteiger partial charge on any atom is 0.0992 e. The third-order valence-electron chi connectivity index (χ3n) is 4.20. The molecular weight excluding hydrogens is 270 g/mol. The molecule has 20 heavy (non-hydrogen) atoms. The maximum atomic E-state index is 8.94. The number of hydrogen-bond donors (Lipinski definition) is 1. The van der Waals surface area contributed by atoms with Gasteiger partial charge in [0.2, 0.25) is 0 Å². The molecule has 1 aliphatic heterocycles. The van der Waals surface area contributed by atoms with Crippen molar-refractivity contribution in [3.63, 3.8) is 0 Å². The molecule has 1 aromatic rings. The lowest BCUT2D eigenvalue weighted by Gasteiger charge is -2.29. The lowest BCUT2D eigenvalue weighted by Crippen LogP contribution is -2.38. The quantitative estimate of drug-likeness (QED) is 0.905. The van der Waals surface area contributed by atoms with E-state index in [9.17, 15) is 0 Å². The molecule has 0 amide bonds. The zero-order valence-electron chi connectivity index (χ0n) is 11.6. The van der Waals surface area contributed by atoms with Crippen LogP contribution in [0.1, 0.15) is 31.2 Å². The summed E-state index contributed by atoms with van der Waals surface area (Å²) < 4.78 is 0. The van der Waals surface area contributed by atoms with E-state index in [1.807, 2.05) is 12.1 Å². The Morgan fingerprint density at radius 1 is 1.30 bits per heavy atom. The Balaban J connectivity index is 1.78. The topological polar surface area (TPSA) is 39.1 Å². The second kappa shape index (κ2) is 6.03. The molecule has 0 aromatic heterocycles. The van der Waals surface area contributed by atoms with Gasteiger partial charge in [0, 0.05) is 19.1 Å². The van der Waals surface area contributed by atoms with Crippen molar-refractivity contribution in [3.8, 4) is 6.07 Å². The van der Waals surface area contributed by atoms with Crippen LogP contribution in [0.15, 0.2) is 18.2 Å². The first-order valence-electron chi connectivity index (χ1n) is 7.44. The molecule has 106 valence electrons. The van der Waals surface area contributed by atoms with Crippen molar-refractivity contribution in [2.75, 3.05) is 24.5 Å². The van der Waals surface area contributed by atoms with Crippen molar-refractivity contribution in [3.05, 3.63) is 28.8 Å². The molecule has 1 saturated heterocycles. The monoisotopic (exact) mass is 289 g/mol. The van der Waals surface area contributed by atoms with Crippen LogP contribution >= 0.6 is 11.6 Å². The smallest absolute Gasteiger partial charge is 0.0992 e. The second-order valence-electron chi connectivity index (χ2n) is 5.92. The summed E-state index contributed by atoms with van der Waals surface area (Å²) in [4.78, 5) is 2.41. The van der Waals surface area contributed by atoms with Gasteiger partial charge in [0.15, 0.2) is 0 Å². The van der Waals surface area contributed by atoms with Crippen LogP contribution in [0.4, 0.5) is 5.69 Å². The highest BCUT2D eigenvalue weighted by molar-refractivity contribution is 6.33. The van der Waals surface area contributed by atoms with Gasteiger partial charge in [-0.25, -0.2) is 0 Å². The lowest BCUT2D eigenvalue weighted by atomic mass is 10.1. The van der Waals surface area contributed by atoms with Crippen molar-refractivity contribution in [1.82, 2.24) is 5.32 Å². The molecule has 0 bridgehead atoms. The Bertz CT molecular complexity index is 513. The molecule has 3 rings (SSSR count). The fourth-order valence-electron chi connectivity index (χ4n) is 2.89. The van der Waals surface area contributed by atoms with Crippen molar-refractivity contribution in [2.24, 2.45) is 5.92 Å². The normalized spacial score (nSPS) is 21.7. The molecular formula is C16H20ClN3. The fraction of sp³-hybridized carbons (Fsp3) is 0.562. The number of nitrogens with zero attached hydrogens (tertiary/aromatic N) is 2. The molecule has 1 saturated carbocycles. The van der Waals surface area contributed by atoms with E-state index in [1.54, 1.807) is 6.07 Å². The number of benzene rings is 1. The minimum absolute atomic E-state index is 0.570. The highest BCUT2D eigenvalue weighted by Crippen LogP contribution is 2.34. The number of anilines is 1. The number of halogens is 1. The van der Waals surface area contributed by atoms with Gasteiger partial charge in [-0.05, 0) is 56.3 Å². The number of hydrogen-bond acceptors (Lipinski definition) is 3. The van der Waals surface area contributed by atoms with Gasteiger partial charge >= 0.3 is 0 Å². The Labute approximate surface area is 125 Å². The standard InChI is InChI=1S/C16H20ClN3/c17-15-8-13(9-18)5-6-16(15)20(10-12-3-4-12)11-14-2-1-7-19-14/h5-6,8,12,14,19H,1-4,7,10-11H2. The van der Waals surface area contributed by atoms with Crippen LogP contribution in [0.2, 0.25) is 5.02 Å². The molecule has 2 fully saturated rings. The van der Waals surface area contributed by atoms with Crippen LogP contribution in [-0.2, 0) is 0 Å². The van der Waals surface area contributed by atoms with E-state index in [2.05, 4.69) is 16.3 Å². The molecule has 0 radical (unpaired) electrons. The first-order valence-corrected chi connectivity index (χ1v) is 7.82. The van der Waals surface area contributed by atoms with Gasteiger partial charge in [-0.1, -0.05) is 11.6 Å². The van der Waals surface area contributed by atoms with Crippen molar-refractivity contribution in [2.45, 2.75) is 31.7 Å². The summed E-state index contributed by atoms with van der Waals surface area (Å²) in [6.45, 7) is 3.23. The lowest BCUT2D eigenvalue weighted by molar-refractivity contribution is 0.570. The van der Waals surface area contributed by atoms with Gasteiger partial charge in [-0.3, -0.25) is 0 Å². The average Bonchev–Trinajstić information content (AvgIpc) is 3.11. The second-order valence-corrected chi connectivity index (χ2v) is 6.33. The Hall–Kier alpha value is -1.24. The average molecular weight is 290 g/mol. The van der Waals surface area contributed by atoms with E-state index < -0.39 is 0 Å². The van der Waals surface area contributed by atoms with Gasteiger partial charge in [0.05, 0.1) is 22.3 Å². The van der Waals surface area contributed by atoms with Gasteiger partial charge in [0.25, 0.3) is 0 Å². The largest absolute Gasteiger partial charge is 0.368 e. The predicted molar refractivity (Wildman–Crippen MR) is 82.1 cm³/mol. The summed E-state index contributed by atoms with van der Waals surface area (Å²) in [6, 6.07) is 8.35. The highest BCUT2D eigenvalue weighted by Gasteiger charge is 2.27. The van der Waals surface area contributed by atoms with Crippen LogP contribution < -0.4 is 10.2 Å². The molecule has 1 heterocycles. The molecule has 1 N–H and O–H groups in total. The van der Waals surface area contributed by atoms with Gasteiger partial charge in [-0.2, -0.15) is 5.26 Å². The van der Waals surface area contributed by atoms with Crippen LogP contribution in [0.3, 0.4) is 0 Å². The van der Waals surface area contributed by atoms with E-state index in [0.717, 1.165) is 31.2 Å². The summed E-state index contributed by atoms with van der Waals surface area (Å²) >= 11 is 6.38. The Kier molecular flexibility index (Phi) is 4.14. The van der Waals surface area contributed by atoms with Crippen LogP contribution in [0.5, 0.6) is 0 Å². The zero-order chi connectivity index (χ0) is 13.9. The molecule has 2 aliphatic rings. The van der Waals surface area contributed by atoms with Crippen molar-refractivity contribution < 1.29 is 0 Å². The minimum atomic E-state index is 0.570. The van der Waals surface area contributed by atoms with E-state index in [-0.39, 0.29) is 0 Å². The van der Waals surface area contributed by atoms with E-state index in [4.69, 9.17) is 16.9 Å². The van der Waals surface area contributed by atoms with Crippen molar-refractivity contribution in [1.29, 1.82) is 5.26 Å². The molecule has 1 aliphatic carbocycles. The first-order chi connectivity index (χ1) is 9.76. The van der Waals surface area contributed by atoms with E-state index in [1.165, 1.54) is 25.7 Å². The van der Waals surface area contributed by atoms with Gasteiger partial charge in [-0.15, -0.1) is 0 Å². The predicted octanol–water partition coefficient (Wildman–Crippen LogP) is 3.18. The molecule has 1 unspecified atom stereocenters. The summed E-state index contributed by atoms with van der Waals surface area (Å²) in [5.41, 5.74) is 1.70. The summed E-state index contributed by atoms with van der Waals surface area (Å²) in [7, 11) is 0. The summed E-state index contributed by atoms with van der Waals surface area (Å²) in [6.07, 6.45) is 5.18. The zero-order valence-corrected chi connectivity index (χ0v) is 12.4. The number of nitrogens with one attached hydrogen (secondary N) is 1. The van der Waals surface area contributed by atoms with E-state index >= 15 is 0 Å². The van der Waals surface area contributed by atoms with Gasteiger partial charge in [0.1, 0.15) is 0 Å². The Morgan fingerprint density at radius 3 is 2.75 bits per heavy atom. The van der Waals surface area contributed by atoms with Crippen molar-refractivity contribution >= 4 is 17.3 Å². The summed E-state index contributed by atoms with van der Waals surface area (Å²) in [5.74, 6) is 0.822. The molecule has 1 aromatic carbocycles. The molecule has 0 spiro atoms. The third-order valence-corrected chi connectivity index (χ3v) is 4.50. The molecule has 4 heteroatoms. The first kappa shape index (κ1) is 13.7. The number of rotatable bonds is 5. The fourth-order valence-corrected chi connectivity index (χ4v) is 3.19. The van der Waals surface area contributed by atoms with Crippen LogP contribution in [-0.4, -0.2) is 25.7 Å². The SMILES string of the molecule is N#Cc1ccc(N(CC2CC2)CC2CCCN2)c(Cl)c1. The summed E-state index contributed by atoms with van der Waals surface area (Å²) in [5, 5.41) is 13.2. The van der Waals surface area contributed by atoms with Crippen LogP contribution in [0.25, 0.3) is 0 Å². The van der Waals surface area contributed by atoms with E-state index in [0.29, 0.717) is 16.6 Å². The van der Waals surface area contributed by atoms with Crippen LogP contribution in [0, 0.1) is 17.2 Å². The van der Waals surface area contributed by atoms with Gasteiger partial charge < -0.3 is 10.2 Å². The third kappa shape index (κ3) is 3.26. The number of nitriles is 1. The molecule has 3 nitrogen and oxygen atoms in total. The Morgan fingerprint density at radius 2 is 2.15 bits per heavy atom. The molecule has 1 atom stereocenters. The minimum Gasteiger partial charge on any atom is -0.368 e. The highest BCUT2D eigenvalue weighted by atomic mass is 35.5.